The largest absolute Gasteiger partial charge is 0.490 e. The molecule has 1 N–H and O–H groups in total. The highest BCUT2D eigenvalue weighted by atomic mass is 35.5. The van der Waals surface area contributed by atoms with Crippen molar-refractivity contribution in [2.45, 2.75) is 17.9 Å². The summed E-state index contributed by atoms with van der Waals surface area (Å²) >= 11 is 5.98. The molecule has 1 aromatic carbocycles. The monoisotopic (exact) mass is 348 g/mol. The summed E-state index contributed by atoms with van der Waals surface area (Å²) in [6.45, 7) is 4.21. The molecule has 1 aliphatic rings. The van der Waals surface area contributed by atoms with Crippen LogP contribution in [-0.2, 0) is 14.8 Å². The Balaban J connectivity index is 2.34. The predicted molar refractivity (Wildman–Crippen MR) is 85.0 cm³/mol. The third-order valence-corrected chi connectivity index (χ3v) is 5.75. The summed E-state index contributed by atoms with van der Waals surface area (Å²) in [5.41, 5.74) is 0. The first-order valence-electron chi connectivity index (χ1n) is 7.10. The molecule has 0 radical (unpaired) electrons. The fourth-order valence-corrected chi connectivity index (χ4v) is 4.37. The summed E-state index contributed by atoms with van der Waals surface area (Å²) in [6, 6.07) is 4.51. The molecule has 0 unspecified atom stereocenters. The van der Waals surface area contributed by atoms with Gasteiger partial charge in [-0.2, -0.15) is 4.31 Å². The molecule has 1 heterocycles. The molecule has 8 heteroatoms. The van der Waals surface area contributed by atoms with Crippen molar-refractivity contribution in [3.05, 3.63) is 23.2 Å². The van der Waals surface area contributed by atoms with Crippen LogP contribution in [0, 0.1) is 0 Å². The number of halogens is 1. The summed E-state index contributed by atoms with van der Waals surface area (Å²) in [5.74, 6) is 0.298. The Bertz CT molecular complexity index is 609. The van der Waals surface area contributed by atoms with Crippen LogP contribution in [0.25, 0.3) is 0 Å². The minimum Gasteiger partial charge on any atom is -0.490 e. The molecule has 0 aliphatic carbocycles. The second kappa shape index (κ2) is 7.61. The van der Waals surface area contributed by atoms with Crippen LogP contribution < -0.4 is 10.1 Å². The Morgan fingerprint density at radius 3 is 2.86 bits per heavy atom. The zero-order valence-corrected chi connectivity index (χ0v) is 14.3. The Kier molecular flexibility index (Phi) is 6.05. The van der Waals surface area contributed by atoms with E-state index in [2.05, 4.69) is 5.32 Å². The first-order chi connectivity index (χ1) is 10.5. The molecule has 1 aromatic rings. The molecule has 0 bridgehead atoms. The Morgan fingerprint density at radius 2 is 2.18 bits per heavy atom. The molecule has 0 amide bonds. The van der Waals surface area contributed by atoms with Crippen molar-refractivity contribution >= 4 is 21.6 Å². The molecule has 1 fully saturated rings. The minimum atomic E-state index is -3.66. The molecule has 1 atom stereocenters. The maximum atomic E-state index is 12.9. The molecule has 22 heavy (non-hydrogen) atoms. The van der Waals surface area contributed by atoms with Crippen molar-refractivity contribution in [1.82, 2.24) is 9.62 Å². The molecule has 0 aromatic heterocycles. The van der Waals surface area contributed by atoms with Crippen LogP contribution in [0.4, 0.5) is 0 Å². The molecule has 1 saturated heterocycles. The van der Waals surface area contributed by atoms with Gasteiger partial charge in [-0.1, -0.05) is 11.6 Å². The Morgan fingerprint density at radius 1 is 1.41 bits per heavy atom. The summed E-state index contributed by atoms with van der Waals surface area (Å²) in [7, 11) is -2.10. The standard InChI is InChI=1S/C14H21ClN2O4S/c1-11-10-16-5-6-17(11)22(18,19)14-9-12(15)3-4-13(14)21-8-7-20-2/h3-4,9,11,16H,5-8,10H2,1-2H3/t11-/m0/s1. The van der Waals surface area contributed by atoms with E-state index in [-0.39, 0.29) is 17.5 Å². The fraction of sp³-hybridized carbons (Fsp3) is 0.571. The van der Waals surface area contributed by atoms with Crippen LogP contribution >= 0.6 is 11.6 Å². The van der Waals surface area contributed by atoms with Gasteiger partial charge in [0.1, 0.15) is 17.3 Å². The number of benzene rings is 1. The van der Waals surface area contributed by atoms with Gasteiger partial charge in [0.2, 0.25) is 10.0 Å². The van der Waals surface area contributed by atoms with Gasteiger partial charge in [0.25, 0.3) is 0 Å². The SMILES string of the molecule is COCCOc1ccc(Cl)cc1S(=O)(=O)N1CCNC[C@@H]1C. The highest BCUT2D eigenvalue weighted by Crippen LogP contribution is 2.31. The number of nitrogens with one attached hydrogen (secondary N) is 1. The van der Waals surface area contributed by atoms with E-state index in [0.717, 1.165) is 0 Å². The van der Waals surface area contributed by atoms with Crippen LogP contribution in [-0.4, -0.2) is 58.7 Å². The number of hydrogen-bond donors (Lipinski definition) is 1. The van der Waals surface area contributed by atoms with E-state index >= 15 is 0 Å². The van der Waals surface area contributed by atoms with Gasteiger partial charge in [0, 0.05) is 37.8 Å². The number of sulfonamides is 1. The minimum absolute atomic E-state index is 0.102. The summed E-state index contributed by atoms with van der Waals surface area (Å²) in [5, 5.41) is 3.54. The topological polar surface area (TPSA) is 67.9 Å². The smallest absolute Gasteiger partial charge is 0.247 e. The Labute approximate surface area is 136 Å². The number of rotatable bonds is 6. The van der Waals surface area contributed by atoms with E-state index in [1.165, 1.54) is 10.4 Å². The highest BCUT2D eigenvalue weighted by Gasteiger charge is 2.33. The van der Waals surface area contributed by atoms with E-state index in [1.54, 1.807) is 19.2 Å². The summed E-state index contributed by atoms with van der Waals surface area (Å²) < 4.78 is 37.8. The molecule has 124 valence electrons. The van der Waals surface area contributed by atoms with E-state index in [9.17, 15) is 8.42 Å². The number of methoxy groups -OCH3 is 1. The third kappa shape index (κ3) is 3.91. The zero-order valence-electron chi connectivity index (χ0n) is 12.7. The van der Waals surface area contributed by atoms with Crippen LogP contribution in [0.15, 0.2) is 23.1 Å². The van der Waals surface area contributed by atoms with Gasteiger partial charge in [-0.25, -0.2) is 8.42 Å². The predicted octanol–water partition coefficient (Wildman–Crippen LogP) is 1.35. The first kappa shape index (κ1) is 17.5. The van der Waals surface area contributed by atoms with Gasteiger partial charge in [-0.15, -0.1) is 0 Å². The lowest BCUT2D eigenvalue weighted by molar-refractivity contribution is 0.144. The molecular formula is C14H21ClN2O4S. The van der Waals surface area contributed by atoms with E-state index in [4.69, 9.17) is 21.1 Å². The average Bonchev–Trinajstić information content (AvgIpc) is 2.49. The lowest BCUT2D eigenvalue weighted by Crippen LogP contribution is -2.52. The molecule has 6 nitrogen and oxygen atoms in total. The highest BCUT2D eigenvalue weighted by molar-refractivity contribution is 7.89. The molecular weight excluding hydrogens is 328 g/mol. The van der Waals surface area contributed by atoms with Crippen molar-refractivity contribution in [2.75, 3.05) is 40.0 Å². The normalized spacial score (nSPS) is 20.0. The van der Waals surface area contributed by atoms with Crippen molar-refractivity contribution in [2.24, 2.45) is 0 Å². The first-order valence-corrected chi connectivity index (χ1v) is 8.92. The maximum Gasteiger partial charge on any atom is 0.247 e. The second-order valence-corrected chi connectivity index (χ2v) is 7.40. The maximum absolute atomic E-state index is 12.9. The second-order valence-electron chi connectivity index (χ2n) is 5.10. The fourth-order valence-electron chi connectivity index (χ4n) is 2.34. The zero-order chi connectivity index (χ0) is 16.2. The van der Waals surface area contributed by atoms with Crippen LogP contribution in [0.3, 0.4) is 0 Å². The van der Waals surface area contributed by atoms with Gasteiger partial charge in [-0.05, 0) is 25.1 Å². The van der Waals surface area contributed by atoms with Gasteiger partial charge in [0.15, 0.2) is 0 Å². The van der Waals surface area contributed by atoms with E-state index in [1.807, 2.05) is 6.92 Å². The van der Waals surface area contributed by atoms with Gasteiger partial charge >= 0.3 is 0 Å². The van der Waals surface area contributed by atoms with E-state index < -0.39 is 10.0 Å². The van der Waals surface area contributed by atoms with Crippen LogP contribution in [0.1, 0.15) is 6.92 Å². The molecule has 1 aliphatic heterocycles. The van der Waals surface area contributed by atoms with Crippen molar-refractivity contribution in [3.8, 4) is 5.75 Å². The number of piperazine rings is 1. The average molecular weight is 349 g/mol. The van der Waals surface area contributed by atoms with Gasteiger partial charge in [-0.3, -0.25) is 0 Å². The lowest BCUT2D eigenvalue weighted by atomic mass is 10.3. The van der Waals surface area contributed by atoms with Crippen molar-refractivity contribution in [3.63, 3.8) is 0 Å². The Hall–Kier alpha value is -0.860. The van der Waals surface area contributed by atoms with Crippen molar-refractivity contribution < 1.29 is 17.9 Å². The number of nitrogens with zero attached hydrogens (tertiary/aromatic N) is 1. The number of hydrogen-bond acceptors (Lipinski definition) is 5. The van der Waals surface area contributed by atoms with Gasteiger partial charge in [0.05, 0.1) is 6.61 Å². The quantitative estimate of drug-likeness (QED) is 0.786. The molecule has 2 rings (SSSR count). The third-order valence-electron chi connectivity index (χ3n) is 3.48. The van der Waals surface area contributed by atoms with Crippen molar-refractivity contribution in [1.29, 1.82) is 0 Å². The van der Waals surface area contributed by atoms with Crippen LogP contribution in [0.5, 0.6) is 5.75 Å². The number of ether oxygens (including phenoxy) is 2. The summed E-state index contributed by atoms with van der Waals surface area (Å²) in [6.07, 6.45) is 0. The summed E-state index contributed by atoms with van der Waals surface area (Å²) in [4.78, 5) is 0.102. The van der Waals surface area contributed by atoms with E-state index in [0.29, 0.717) is 37.0 Å². The molecule has 0 spiro atoms. The van der Waals surface area contributed by atoms with Gasteiger partial charge < -0.3 is 14.8 Å². The van der Waals surface area contributed by atoms with Crippen LogP contribution in [0.2, 0.25) is 5.02 Å². The lowest BCUT2D eigenvalue weighted by Gasteiger charge is -2.33. The molecule has 0 saturated carbocycles.